The normalized spacial score (nSPS) is 17.1. The van der Waals surface area contributed by atoms with Crippen molar-refractivity contribution < 1.29 is 14.4 Å². The molecule has 0 aromatic heterocycles. The van der Waals surface area contributed by atoms with Gasteiger partial charge in [-0.2, -0.15) is 0 Å². The van der Waals surface area contributed by atoms with E-state index >= 15 is 0 Å². The summed E-state index contributed by atoms with van der Waals surface area (Å²) in [5.74, 6) is 0.964. The molecule has 1 heterocycles. The van der Waals surface area contributed by atoms with Crippen LogP contribution in [0.5, 0.6) is 5.75 Å². The zero-order valence-corrected chi connectivity index (χ0v) is 19.1. The Morgan fingerprint density at radius 3 is 2.09 bits per heavy atom. The summed E-state index contributed by atoms with van der Waals surface area (Å²) < 4.78 is 5.35. The molecule has 5 nitrogen and oxygen atoms in total. The zero-order valence-electron chi connectivity index (χ0n) is 18.4. The highest BCUT2D eigenvalue weighted by Crippen LogP contribution is 2.43. The van der Waals surface area contributed by atoms with Crippen LogP contribution in [0.4, 0.5) is 5.69 Å². The van der Waals surface area contributed by atoms with Gasteiger partial charge in [0.05, 0.1) is 7.11 Å². The summed E-state index contributed by atoms with van der Waals surface area (Å²) in [7, 11) is 1.61. The van der Waals surface area contributed by atoms with E-state index in [2.05, 4.69) is 5.16 Å². The highest BCUT2D eigenvalue weighted by Gasteiger charge is 2.55. The molecule has 168 valence electrons. The molecule has 0 amide bonds. The lowest BCUT2D eigenvalue weighted by atomic mass is 9.90. The van der Waals surface area contributed by atoms with Crippen LogP contribution in [-0.4, -0.2) is 18.7 Å². The minimum atomic E-state index is -1.55. The summed E-state index contributed by atoms with van der Waals surface area (Å²) in [4.78, 5) is 22.2. The first-order valence-electron chi connectivity index (χ1n) is 10.8. The van der Waals surface area contributed by atoms with Crippen molar-refractivity contribution in [3.8, 4) is 5.75 Å². The molecule has 1 aliphatic rings. The van der Waals surface area contributed by atoms with Crippen LogP contribution >= 0.6 is 11.6 Å². The molecule has 0 saturated carbocycles. The van der Waals surface area contributed by atoms with Gasteiger partial charge in [-0.15, -0.1) is 0 Å². The molecule has 0 saturated heterocycles. The van der Waals surface area contributed by atoms with Gasteiger partial charge in [-0.1, -0.05) is 77.4 Å². The number of ether oxygens (including phenoxy) is 1. The first-order valence-corrected chi connectivity index (χ1v) is 11.1. The molecule has 34 heavy (non-hydrogen) atoms. The molecule has 4 aromatic carbocycles. The number of ketones is 1. The SMILES string of the molecule is COc1ccc(N2C(c3ccc(Cl)cc3)=NOC2(C(=O)c2ccccc2)c2ccccc2)cc1. The van der Waals surface area contributed by atoms with Gasteiger partial charge < -0.3 is 9.57 Å². The van der Waals surface area contributed by atoms with E-state index in [0.29, 0.717) is 27.7 Å². The fourth-order valence-electron chi connectivity index (χ4n) is 4.06. The topological polar surface area (TPSA) is 51.1 Å². The van der Waals surface area contributed by atoms with Crippen molar-refractivity contribution in [2.45, 2.75) is 5.72 Å². The molecule has 0 N–H and O–H groups in total. The molecular weight excluding hydrogens is 448 g/mol. The van der Waals surface area contributed by atoms with Crippen molar-refractivity contribution in [2.24, 2.45) is 5.16 Å². The molecule has 4 aromatic rings. The average molecular weight is 469 g/mol. The van der Waals surface area contributed by atoms with Crippen molar-refractivity contribution in [2.75, 3.05) is 12.0 Å². The van der Waals surface area contributed by atoms with Gasteiger partial charge in [0.2, 0.25) is 5.78 Å². The van der Waals surface area contributed by atoms with Crippen molar-refractivity contribution >= 4 is 28.9 Å². The minimum Gasteiger partial charge on any atom is -0.497 e. The monoisotopic (exact) mass is 468 g/mol. The van der Waals surface area contributed by atoms with Crippen LogP contribution in [0.3, 0.4) is 0 Å². The quantitative estimate of drug-likeness (QED) is 0.312. The largest absolute Gasteiger partial charge is 0.497 e. The van der Waals surface area contributed by atoms with E-state index in [0.717, 1.165) is 11.3 Å². The van der Waals surface area contributed by atoms with Crippen LogP contribution in [0.25, 0.3) is 0 Å². The number of anilines is 1. The summed E-state index contributed by atoms with van der Waals surface area (Å²) in [6, 6.07) is 33.2. The molecule has 6 heteroatoms. The fourth-order valence-corrected chi connectivity index (χ4v) is 4.19. The first-order chi connectivity index (χ1) is 16.6. The van der Waals surface area contributed by atoms with E-state index in [-0.39, 0.29) is 5.78 Å². The molecule has 1 aliphatic heterocycles. The number of hydrogen-bond donors (Lipinski definition) is 0. The second kappa shape index (κ2) is 9.04. The third kappa shape index (κ3) is 3.70. The van der Waals surface area contributed by atoms with Gasteiger partial charge in [-0.25, -0.2) is 0 Å². The number of amidine groups is 1. The van der Waals surface area contributed by atoms with Crippen molar-refractivity contribution in [3.05, 3.63) is 131 Å². The van der Waals surface area contributed by atoms with Gasteiger partial charge in [0.25, 0.3) is 0 Å². The van der Waals surface area contributed by atoms with E-state index in [4.69, 9.17) is 21.2 Å². The maximum absolute atomic E-state index is 14.2. The Balaban J connectivity index is 1.74. The third-order valence-electron chi connectivity index (χ3n) is 5.73. The molecule has 5 rings (SSSR count). The van der Waals surface area contributed by atoms with Crippen LogP contribution in [0.15, 0.2) is 114 Å². The number of carbonyl (C=O) groups excluding carboxylic acids is 1. The number of carbonyl (C=O) groups is 1. The van der Waals surface area contributed by atoms with E-state index < -0.39 is 5.72 Å². The van der Waals surface area contributed by atoms with Crippen LogP contribution < -0.4 is 9.64 Å². The lowest BCUT2D eigenvalue weighted by Crippen LogP contribution is -2.52. The summed E-state index contributed by atoms with van der Waals surface area (Å²) in [5.41, 5.74) is 1.11. The molecule has 0 bridgehead atoms. The molecule has 0 spiro atoms. The van der Waals surface area contributed by atoms with Gasteiger partial charge >= 0.3 is 5.72 Å². The van der Waals surface area contributed by atoms with Crippen molar-refractivity contribution in [1.29, 1.82) is 0 Å². The third-order valence-corrected chi connectivity index (χ3v) is 5.98. The van der Waals surface area contributed by atoms with Crippen LogP contribution in [-0.2, 0) is 10.6 Å². The van der Waals surface area contributed by atoms with Gasteiger partial charge in [0, 0.05) is 27.4 Å². The van der Waals surface area contributed by atoms with E-state index in [1.54, 1.807) is 31.4 Å². The van der Waals surface area contributed by atoms with Gasteiger partial charge in [-0.05, 0) is 48.5 Å². The molecule has 0 fully saturated rings. The van der Waals surface area contributed by atoms with Crippen molar-refractivity contribution in [3.63, 3.8) is 0 Å². The molecular formula is C28H21ClN2O3. The predicted octanol–water partition coefficient (Wildman–Crippen LogP) is 6.28. The molecule has 0 radical (unpaired) electrons. The van der Waals surface area contributed by atoms with Gasteiger partial charge in [0.1, 0.15) is 5.75 Å². The standard InChI is InChI=1S/C28H21ClN2O3/c1-33-25-18-16-24(17-19-25)31-27(21-12-14-23(29)15-13-21)30-34-28(31,22-10-6-3-7-11-22)26(32)20-8-4-2-5-9-20/h2-19H,1H3. The van der Waals surface area contributed by atoms with Gasteiger partial charge in [0.15, 0.2) is 5.84 Å². The lowest BCUT2D eigenvalue weighted by Gasteiger charge is -2.36. The van der Waals surface area contributed by atoms with E-state index in [1.165, 1.54) is 0 Å². The lowest BCUT2D eigenvalue weighted by molar-refractivity contribution is -0.00648. The van der Waals surface area contributed by atoms with Crippen LogP contribution in [0.2, 0.25) is 5.02 Å². The molecule has 1 atom stereocenters. The Morgan fingerprint density at radius 2 is 1.47 bits per heavy atom. The number of halogens is 1. The van der Waals surface area contributed by atoms with Crippen LogP contribution in [0, 0.1) is 0 Å². The Morgan fingerprint density at radius 1 is 0.853 bits per heavy atom. The Kier molecular flexibility index (Phi) is 5.78. The summed E-state index contributed by atoms with van der Waals surface area (Å²) in [5, 5.41) is 5.07. The zero-order chi connectivity index (χ0) is 23.5. The maximum Gasteiger partial charge on any atom is 0.304 e. The number of nitrogens with zero attached hydrogens (tertiary/aromatic N) is 2. The Hall–Kier alpha value is -4.09. The Bertz CT molecular complexity index is 1320. The first kappa shape index (κ1) is 21.7. The fraction of sp³-hybridized carbons (Fsp3) is 0.0714. The predicted molar refractivity (Wildman–Crippen MR) is 133 cm³/mol. The molecule has 0 aliphatic carbocycles. The maximum atomic E-state index is 14.2. The molecule has 1 unspecified atom stereocenters. The number of methoxy groups -OCH3 is 1. The summed E-state index contributed by atoms with van der Waals surface area (Å²) >= 11 is 6.13. The minimum absolute atomic E-state index is 0.233. The van der Waals surface area contributed by atoms with Crippen LogP contribution in [0.1, 0.15) is 21.5 Å². The highest BCUT2D eigenvalue weighted by molar-refractivity contribution is 6.30. The summed E-state index contributed by atoms with van der Waals surface area (Å²) in [6.07, 6.45) is 0. The number of oxime groups is 1. The Labute approximate surface area is 202 Å². The summed E-state index contributed by atoms with van der Waals surface area (Å²) in [6.45, 7) is 0. The van der Waals surface area contributed by atoms with E-state index in [1.807, 2.05) is 89.8 Å². The smallest absolute Gasteiger partial charge is 0.304 e. The second-order valence-electron chi connectivity index (χ2n) is 7.75. The van der Waals surface area contributed by atoms with Crippen molar-refractivity contribution in [1.82, 2.24) is 0 Å². The van der Waals surface area contributed by atoms with Gasteiger partial charge in [-0.3, -0.25) is 9.69 Å². The number of benzene rings is 4. The second-order valence-corrected chi connectivity index (χ2v) is 8.19. The average Bonchev–Trinajstić information content (AvgIpc) is 3.31. The van der Waals surface area contributed by atoms with E-state index in [9.17, 15) is 4.79 Å². The highest BCUT2D eigenvalue weighted by atomic mass is 35.5. The number of rotatable bonds is 6. The number of Topliss-reactive ketones (excluding diaryl/α,β-unsaturated/α-hetero) is 1. The number of hydrogen-bond acceptors (Lipinski definition) is 5.